The van der Waals surface area contributed by atoms with Crippen LogP contribution >= 0.6 is 12.4 Å². The number of halogens is 1. The van der Waals surface area contributed by atoms with E-state index in [2.05, 4.69) is 31.2 Å². The first kappa shape index (κ1) is 17.0. The molecule has 0 bridgehead atoms. The molecule has 1 aromatic carbocycles. The van der Waals surface area contributed by atoms with E-state index in [1.54, 1.807) is 0 Å². The van der Waals surface area contributed by atoms with E-state index in [1.807, 2.05) is 18.7 Å². The number of aryl methyl sites for hydroxylation is 1. The predicted octanol–water partition coefficient (Wildman–Crippen LogP) is 2.64. The smallest absolute Gasteiger partial charge is 0.232 e. The molecule has 1 saturated heterocycles. The molecule has 1 unspecified atom stereocenters. The van der Waals surface area contributed by atoms with E-state index < -0.39 is 5.41 Å². The van der Waals surface area contributed by atoms with Crippen LogP contribution in [0, 0.1) is 6.92 Å². The Bertz CT molecular complexity index is 456. The molecule has 1 fully saturated rings. The van der Waals surface area contributed by atoms with Gasteiger partial charge in [-0.25, -0.2) is 0 Å². The van der Waals surface area contributed by atoms with Crippen LogP contribution in [-0.4, -0.2) is 29.9 Å². The number of carbonyl (C=O) groups is 1. The molecule has 2 N–H and O–H groups in total. The fraction of sp³-hybridized carbons (Fsp3) is 0.562. The van der Waals surface area contributed by atoms with Crippen molar-refractivity contribution in [2.75, 3.05) is 13.1 Å². The van der Waals surface area contributed by atoms with Crippen molar-refractivity contribution in [2.24, 2.45) is 5.73 Å². The Morgan fingerprint density at radius 1 is 1.30 bits per heavy atom. The first-order chi connectivity index (χ1) is 8.91. The van der Waals surface area contributed by atoms with Gasteiger partial charge in [0.15, 0.2) is 0 Å². The summed E-state index contributed by atoms with van der Waals surface area (Å²) in [5.41, 5.74) is 7.78. The summed E-state index contributed by atoms with van der Waals surface area (Å²) >= 11 is 0. The van der Waals surface area contributed by atoms with Crippen molar-refractivity contribution >= 4 is 18.3 Å². The molecule has 1 aromatic rings. The number of likely N-dealkylation sites (tertiary alicyclic amines) is 1. The highest BCUT2D eigenvalue weighted by atomic mass is 35.5. The highest BCUT2D eigenvalue weighted by Gasteiger charge is 2.35. The van der Waals surface area contributed by atoms with Crippen molar-refractivity contribution in [1.82, 2.24) is 4.90 Å². The third kappa shape index (κ3) is 3.53. The van der Waals surface area contributed by atoms with Crippen LogP contribution in [0.5, 0.6) is 0 Å². The van der Waals surface area contributed by atoms with E-state index in [9.17, 15) is 4.79 Å². The number of carbonyl (C=O) groups excluding carboxylic acids is 1. The Labute approximate surface area is 127 Å². The molecular weight excluding hydrogens is 272 g/mol. The van der Waals surface area contributed by atoms with Gasteiger partial charge >= 0.3 is 0 Å². The van der Waals surface area contributed by atoms with Crippen molar-refractivity contribution in [3.8, 4) is 0 Å². The molecule has 4 heteroatoms. The van der Waals surface area contributed by atoms with Gasteiger partial charge in [0.2, 0.25) is 5.91 Å². The molecule has 2 rings (SSSR count). The highest BCUT2D eigenvalue weighted by molar-refractivity contribution is 5.87. The number of nitrogens with zero attached hydrogens (tertiary/aromatic N) is 1. The minimum atomic E-state index is -0.481. The lowest BCUT2D eigenvalue weighted by molar-refractivity contribution is -0.137. The van der Waals surface area contributed by atoms with Gasteiger partial charge in [-0.1, -0.05) is 29.8 Å². The standard InChI is InChI=1S/C16H24N2O.ClH/c1-12-6-8-13(9-7-12)16(2,3)15(19)18-10-4-5-14(17)11-18;/h6-9,14H,4-5,10-11,17H2,1-3H3;1H. The van der Waals surface area contributed by atoms with Crippen molar-refractivity contribution in [3.05, 3.63) is 35.4 Å². The minimum absolute atomic E-state index is 0. The van der Waals surface area contributed by atoms with Crippen molar-refractivity contribution in [1.29, 1.82) is 0 Å². The second kappa shape index (κ2) is 6.59. The Hall–Kier alpha value is -1.06. The Balaban J connectivity index is 0.00000200. The number of hydrogen-bond donors (Lipinski definition) is 1. The van der Waals surface area contributed by atoms with Crippen LogP contribution in [-0.2, 0) is 10.2 Å². The molecule has 1 aliphatic heterocycles. The largest absolute Gasteiger partial charge is 0.340 e. The molecule has 0 saturated carbocycles. The number of benzene rings is 1. The van der Waals surface area contributed by atoms with Gasteiger partial charge in [0.1, 0.15) is 0 Å². The summed E-state index contributed by atoms with van der Waals surface area (Å²) in [7, 11) is 0. The van der Waals surface area contributed by atoms with Gasteiger partial charge in [0.05, 0.1) is 5.41 Å². The summed E-state index contributed by atoms with van der Waals surface area (Å²) < 4.78 is 0. The predicted molar refractivity (Wildman–Crippen MR) is 85.2 cm³/mol. The summed E-state index contributed by atoms with van der Waals surface area (Å²) in [4.78, 5) is 14.6. The summed E-state index contributed by atoms with van der Waals surface area (Å²) in [5, 5.41) is 0. The summed E-state index contributed by atoms with van der Waals surface area (Å²) in [6.07, 6.45) is 2.03. The van der Waals surface area contributed by atoms with Crippen LogP contribution in [0.4, 0.5) is 0 Å². The number of hydrogen-bond acceptors (Lipinski definition) is 2. The number of piperidine rings is 1. The average molecular weight is 297 g/mol. The SMILES string of the molecule is Cc1ccc(C(C)(C)C(=O)N2CCCC(N)C2)cc1.Cl. The fourth-order valence-electron chi connectivity index (χ4n) is 2.68. The number of nitrogens with two attached hydrogens (primary N) is 1. The van der Waals surface area contributed by atoms with Crippen LogP contribution in [0.15, 0.2) is 24.3 Å². The number of rotatable bonds is 2. The van der Waals surface area contributed by atoms with E-state index in [1.165, 1.54) is 5.56 Å². The van der Waals surface area contributed by atoms with E-state index in [-0.39, 0.29) is 24.4 Å². The zero-order chi connectivity index (χ0) is 14.0. The van der Waals surface area contributed by atoms with Crippen LogP contribution in [0.25, 0.3) is 0 Å². The van der Waals surface area contributed by atoms with Gasteiger partial charge in [-0.15, -0.1) is 12.4 Å². The lowest BCUT2D eigenvalue weighted by Crippen LogP contribution is -2.51. The second-order valence-electron chi connectivity index (χ2n) is 6.14. The monoisotopic (exact) mass is 296 g/mol. The molecule has 0 aromatic heterocycles. The van der Waals surface area contributed by atoms with Gasteiger partial charge in [-0.3, -0.25) is 4.79 Å². The van der Waals surface area contributed by atoms with Crippen molar-refractivity contribution in [3.63, 3.8) is 0 Å². The normalized spacial score (nSPS) is 19.4. The fourth-order valence-corrected chi connectivity index (χ4v) is 2.68. The van der Waals surface area contributed by atoms with E-state index in [0.29, 0.717) is 6.54 Å². The summed E-state index contributed by atoms with van der Waals surface area (Å²) in [6, 6.07) is 8.36. The summed E-state index contributed by atoms with van der Waals surface area (Å²) in [5.74, 6) is 0.187. The van der Waals surface area contributed by atoms with Gasteiger partial charge in [-0.2, -0.15) is 0 Å². The molecule has 20 heavy (non-hydrogen) atoms. The van der Waals surface area contributed by atoms with Gasteiger partial charge in [0, 0.05) is 19.1 Å². The van der Waals surface area contributed by atoms with Crippen molar-refractivity contribution in [2.45, 2.75) is 45.1 Å². The van der Waals surface area contributed by atoms with E-state index >= 15 is 0 Å². The Morgan fingerprint density at radius 3 is 2.45 bits per heavy atom. The van der Waals surface area contributed by atoms with E-state index in [0.717, 1.165) is 24.9 Å². The van der Waals surface area contributed by atoms with Crippen molar-refractivity contribution < 1.29 is 4.79 Å². The van der Waals surface area contributed by atoms with Crippen LogP contribution < -0.4 is 5.73 Å². The third-order valence-corrected chi connectivity index (χ3v) is 4.05. The lowest BCUT2D eigenvalue weighted by Gasteiger charge is -2.36. The number of amides is 1. The lowest BCUT2D eigenvalue weighted by atomic mass is 9.82. The second-order valence-corrected chi connectivity index (χ2v) is 6.14. The first-order valence-electron chi connectivity index (χ1n) is 7.03. The topological polar surface area (TPSA) is 46.3 Å². The zero-order valence-electron chi connectivity index (χ0n) is 12.6. The quantitative estimate of drug-likeness (QED) is 0.912. The summed E-state index contributed by atoms with van der Waals surface area (Å²) in [6.45, 7) is 7.58. The highest BCUT2D eigenvalue weighted by Crippen LogP contribution is 2.27. The maximum atomic E-state index is 12.7. The van der Waals surface area contributed by atoms with Gasteiger partial charge < -0.3 is 10.6 Å². The molecule has 3 nitrogen and oxygen atoms in total. The maximum Gasteiger partial charge on any atom is 0.232 e. The molecule has 0 aliphatic carbocycles. The first-order valence-corrected chi connectivity index (χ1v) is 7.03. The molecule has 1 amide bonds. The van der Waals surface area contributed by atoms with E-state index in [4.69, 9.17) is 5.73 Å². The molecule has 1 aliphatic rings. The molecule has 112 valence electrons. The van der Waals surface area contributed by atoms with Crippen LogP contribution in [0.1, 0.15) is 37.8 Å². The van der Waals surface area contributed by atoms with Gasteiger partial charge in [-0.05, 0) is 39.2 Å². The van der Waals surface area contributed by atoms with Gasteiger partial charge in [0.25, 0.3) is 0 Å². The molecular formula is C16H25ClN2O. The maximum absolute atomic E-state index is 12.7. The third-order valence-electron chi connectivity index (χ3n) is 4.05. The molecule has 1 atom stereocenters. The molecule has 0 radical (unpaired) electrons. The minimum Gasteiger partial charge on any atom is -0.340 e. The zero-order valence-corrected chi connectivity index (χ0v) is 13.4. The molecule has 1 heterocycles. The van der Waals surface area contributed by atoms with Crippen LogP contribution in [0.2, 0.25) is 0 Å². The molecule has 0 spiro atoms. The Kier molecular flexibility index (Phi) is 5.60. The van der Waals surface area contributed by atoms with Crippen LogP contribution in [0.3, 0.4) is 0 Å². The Morgan fingerprint density at radius 2 is 1.90 bits per heavy atom. The average Bonchev–Trinajstić information content (AvgIpc) is 2.38.